The first-order chi connectivity index (χ1) is 13.3. The summed E-state index contributed by atoms with van der Waals surface area (Å²) in [6.07, 6.45) is 2.03. The maximum Gasteiger partial charge on any atom is 0.316 e. The molecular weight excluding hydrogens is 421 g/mol. The third-order valence-electron chi connectivity index (χ3n) is 4.57. The number of benzene rings is 1. The molecule has 0 saturated heterocycles. The van der Waals surface area contributed by atoms with Crippen molar-refractivity contribution in [3.05, 3.63) is 39.6 Å². The van der Waals surface area contributed by atoms with Gasteiger partial charge in [0.05, 0.1) is 23.4 Å². The number of allylic oxidation sites excluding steroid dienone is 1. The fourth-order valence-electron chi connectivity index (χ4n) is 3.29. The molecule has 28 heavy (non-hydrogen) atoms. The molecule has 0 spiro atoms. The molecule has 1 N–H and O–H groups in total. The van der Waals surface area contributed by atoms with Crippen LogP contribution < -0.4 is 0 Å². The Morgan fingerprint density at radius 1 is 1.46 bits per heavy atom. The smallest absolute Gasteiger partial charge is 0.316 e. The van der Waals surface area contributed by atoms with Gasteiger partial charge >= 0.3 is 5.97 Å². The summed E-state index contributed by atoms with van der Waals surface area (Å²) < 4.78 is 4.88. The standard InChI is InChI=1S/C20H23Cl2NO4S/c1-4-28-11(2)7-12-8-17(24)14(19(25)18(12)20(26)27-3)10-23-16-6-5-13(21)9-15(16)22/h5-6,9-12,18,25H,4,7-8H2,1-3H3. The molecule has 0 saturated carbocycles. The molecule has 0 fully saturated rings. The minimum atomic E-state index is -0.884. The molecule has 3 atom stereocenters. The Bertz CT molecular complexity index is 809. The average molecular weight is 444 g/mol. The molecular formula is C20H23Cl2NO4S. The first-order valence-electron chi connectivity index (χ1n) is 8.93. The molecule has 0 aromatic heterocycles. The van der Waals surface area contributed by atoms with Crippen molar-refractivity contribution in [3.63, 3.8) is 0 Å². The minimum Gasteiger partial charge on any atom is -0.511 e. The Labute approximate surface area is 179 Å². The van der Waals surface area contributed by atoms with Gasteiger partial charge in [0.2, 0.25) is 0 Å². The number of aliphatic imine (C=N–C) groups is 1. The van der Waals surface area contributed by atoms with Crippen LogP contribution in [0.4, 0.5) is 5.69 Å². The molecule has 3 unspecified atom stereocenters. The number of ketones is 1. The number of halogens is 2. The summed E-state index contributed by atoms with van der Waals surface area (Å²) in [5, 5.41) is 11.8. The molecule has 0 amide bonds. The van der Waals surface area contributed by atoms with E-state index in [0.29, 0.717) is 22.2 Å². The van der Waals surface area contributed by atoms with E-state index in [1.54, 1.807) is 23.9 Å². The minimum absolute atomic E-state index is 0.00784. The SMILES string of the molecule is CCSC(C)CC1CC(=O)C(C=Nc2ccc(Cl)cc2Cl)=C(O)C1C(=O)OC. The molecule has 8 heteroatoms. The molecule has 1 aliphatic rings. The predicted octanol–water partition coefficient (Wildman–Crippen LogP) is 5.42. The van der Waals surface area contributed by atoms with Gasteiger partial charge in [-0.25, -0.2) is 0 Å². The highest BCUT2D eigenvalue weighted by Gasteiger charge is 2.41. The van der Waals surface area contributed by atoms with Crippen LogP contribution >= 0.6 is 35.0 Å². The molecule has 1 aromatic carbocycles. The summed E-state index contributed by atoms with van der Waals surface area (Å²) in [6, 6.07) is 4.76. The Balaban J connectivity index is 2.35. The zero-order chi connectivity index (χ0) is 20.8. The van der Waals surface area contributed by atoms with Gasteiger partial charge in [-0.2, -0.15) is 11.8 Å². The third kappa shape index (κ3) is 5.52. The van der Waals surface area contributed by atoms with Gasteiger partial charge in [-0.1, -0.05) is 37.0 Å². The Morgan fingerprint density at radius 3 is 2.79 bits per heavy atom. The van der Waals surface area contributed by atoms with Crippen LogP contribution in [0.5, 0.6) is 0 Å². The number of ether oxygens (including phenoxy) is 1. The summed E-state index contributed by atoms with van der Waals surface area (Å²) in [6.45, 7) is 4.10. The quantitative estimate of drug-likeness (QED) is 0.449. The number of carbonyl (C=O) groups excluding carboxylic acids is 2. The van der Waals surface area contributed by atoms with E-state index in [4.69, 9.17) is 27.9 Å². The summed E-state index contributed by atoms with van der Waals surface area (Å²) in [5.41, 5.74) is 0.414. The third-order valence-corrected chi connectivity index (χ3v) is 6.21. The van der Waals surface area contributed by atoms with Crippen LogP contribution in [0.3, 0.4) is 0 Å². The monoisotopic (exact) mass is 443 g/mol. The number of Topliss-reactive ketones (excluding diaryl/α,β-unsaturated/α-hetero) is 1. The number of aliphatic hydroxyl groups excluding tert-OH is 1. The zero-order valence-electron chi connectivity index (χ0n) is 15.9. The van der Waals surface area contributed by atoms with Gasteiger partial charge in [0.25, 0.3) is 0 Å². The van der Waals surface area contributed by atoms with Crippen molar-refractivity contribution in [2.45, 2.75) is 31.9 Å². The normalized spacial score (nSPS) is 21.2. The fourth-order valence-corrected chi connectivity index (χ4v) is 4.70. The van der Waals surface area contributed by atoms with E-state index in [2.05, 4.69) is 11.9 Å². The molecule has 1 aromatic rings. The van der Waals surface area contributed by atoms with Gasteiger partial charge in [0.1, 0.15) is 11.7 Å². The number of rotatable bonds is 7. The molecule has 0 radical (unpaired) electrons. The largest absolute Gasteiger partial charge is 0.511 e. The number of nitrogens with zero attached hydrogens (tertiary/aromatic N) is 1. The molecule has 0 heterocycles. The van der Waals surface area contributed by atoms with Crippen LogP contribution in [-0.2, 0) is 14.3 Å². The van der Waals surface area contributed by atoms with Gasteiger partial charge in [0, 0.05) is 22.9 Å². The van der Waals surface area contributed by atoms with Crippen molar-refractivity contribution in [1.82, 2.24) is 0 Å². The molecule has 5 nitrogen and oxygen atoms in total. The van der Waals surface area contributed by atoms with E-state index < -0.39 is 11.9 Å². The first kappa shape index (κ1) is 22.8. The molecule has 152 valence electrons. The van der Waals surface area contributed by atoms with Crippen LogP contribution in [0.15, 0.2) is 34.5 Å². The van der Waals surface area contributed by atoms with Gasteiger partial charge in [-0.05, 0) is 36.3 Å². The maximum absolute atomic E-state index is 12.6. The van der Waals surface area contributed by atoms with E-state index in [1.165, 1.54) is 19.4 Å². The summed E-state index contributed by atoms with van der Waals surface area (Å²) in [5.74, 6) is -1.37. The number of carbonyl (C=O) groups is 2. The van der Waals surface area contributed by atoms with Gasteiger partial charge < -0.3 is 9.84 Å². The average Bonchev–Trinajstić information content (AvgIpc) is 2.62. The van der Waals surface area contributed by atoms with Crippen LogP contribution in [-0.4, -0.2) is 41.2 Å². The topological polar surface area (TPSA) is 76.0 Å². The molecule has 1 aliphatic carbocycles. The second-order valence-electron chi connectivity index (χ2n) is 6.54. The van der Waals surface area contributed by atoms with E-state index in [9.17, 15) is 14.7 Å². The van der Waals surface area contributed by atoms with Crippen molar-refractivity contribution < 1.29 is 19.4 Å². The van der Waals surface area contributed by atoms with E-state index in [1.807, 2.05) is 6.92 Å². The number of thioether (sulfide) groups is 1. The summed E-state index contributed by atoms with van der Waals surface area (Å²) in [7, 11) is 1.27. The van der Waals surface area contributed by atoms with Crippen LogP contribution in [0.25, 0.3) is 0 Å². The highest BCUT2D eigenvalue weighted by Crippen LogP contribution is 2.37. The lowest BCUT2D eigenvalue weighted by Crippen LogP contribution is -2.36. The van der Waals surface area contributed by atoms with Crippen LogP contribution in [0, 0.1) is 11.8 Å². The first-order valence-corrected chi connectivity index (χ1v) is 10.7. The van der Waals surface area contributed by atoms with Crippen LogP contribution in [0.1, 0.15) is 26.7 Å². The molecule has 0 bridgehead atoms. The maximum atomic E-state index is 12.6. The number of aliphatic hydroxyl groups is 1. The van der Waals surface area contributed by atoms with Crippen molar-refractivity contribution in [3.8, 4) is 0 Å². The van der Waals surface area contributed by atoms with E-state index >= 15 is 0 Å². The number of hydrogen-bond donors (Lipinski definition) is 1. The zero-order valence-corrected chi connectivity index (χ0v) is 18.3. The fraction of sp³-hybridized carbons (Fsp3) is 0.450. The van der Waals surface area contributed by atoms with Gasteiger partial charge in [0.15, 0.2) is 5.78 Å². The van der Waals surface area contributed by atoms with Crippen molar-refractivity contribution in [2.24, 2.45) is 16.8 Å². The number of methoxy groups -OCH3 is 1. The highest BCUT2D eigenvalue weighted by atomic mass is 35.5. The molecule has 0 aliphatic heterocycles. The van der Waals surface area contributed by atoms with Crippen molar-refractivity contribution >= 4 is 58.6 Å². The predicted molar refractivity (Wildman–Crippen MR) is 115 cm³/mol. The second kappa shape index (κ2) is 10.3. The van der Waals surface area contributed by atoms with E-state index in [-0.39, 0.29) is 34.7 Å². The highest BCUT2D eigenvalue weighted by molar-refractivity contribution is 7.99. The molecule has 2 rings (SSSR count). The van der Waals surface area contributed by atoms with Gasteiger partial charge in [-0.3, -0.25) is 14.6 Å². The van der Waals surface area contributed by atoms with E-state index in [0.717, 1.165) is 5.75 Å². The van der Waals surface area contributed by atoms with Crippen molar-refractivity contribution in [1.29, 1.82) is 0 Å². The Morgan fingerprint density at radius 2 is 2.18 bits per heavy atom. The van der Waals surface area contributed by atoms with Gasteiger partial charge in [-0.15, -0.1) is 0 Å². The summed E-state index contributed by atoms with van der Waals surface area (Å²) >= 11 is 13.7. The lowest BCUT2D eigenvalue weighted by Gasteiger charge is -2.30. The number of esters is 1. The number of hydrogen-bond acceptors (Lipinski definition) is 6. The Hall–Kier alpha value is -1.50. The lowest BCUT2D eigenvalue weighted by atomic mass is 9.76. The summed E-state index contributed by atoms with van der Waals surface area (Å²) in [4.78, 5) is 29.2. The van der Waals surface area contributed by atoms with Crippen molar-refractivity contribution in [2.75, 3.05) is 12.9 Å². The Kier molecular flexibility index (Phi) is 8.40. The second-order valence-corrected chi connectivity index (χ2v) is 9.10. The lowest BCUT2D eigenvalue weighted by molar-refractivity contribution is -0.147. The van der Waals surface area contributed by atoms with Crippen LogP contribution in [0.2, 0.25) is 10.0 Å².